The SMILES string of the molecule is Cc1ccccc1N1CCN(c2cc(=O)oc3c2ccc2ccccc23)CC1. The summed E-state index contributed by atoms with van der Waals surface area (Å²) in [5.74, 6) is 0. The number of anilines is 2. The fourth-order valence-corrected chi connectivity index (χ4v) is 4.24. The van der Waals surface area contributed by atoms with Crippen LogP contribution in [0.2, 0.25) is 0 Å². The van der Waals surface area contributed by atoms with Gasteiger partial charge in [0.05, 0.1) is 5.69 Å². The van der Waals surface area contributed by atoms with Gasteiger partial charge in [0.2, 0.25) is 0 Å². The monoisotopic (exact) mass is 370 g/mol. The quantitative estimate of drug-likeness (QED) is 0.382. The number of piperazine rings is 1. The molecule has 4 heteroatoms. The van der Waals surface area contributed by atoms with Crippen molar-refractivity contribution in [2.24, 2.45) is 0 Å². The molecule has 5 rings (SSSR count). The van der Waals surface area contributed by atoms with Crippen molar-refractivity contribution in [2.45, 2.75) is 6.92 Å². The zero-order valence-corrected chi connectivity index (χ0v) is 15.9. The van der Waals surface area contributed by atoms with Gasteiger partial charge in [-0.1, -0.05) is 48.5 Å². The number of fused-ring (bicyclic) bond motifs is 3. The van der Waals surface area contributed by atoms with Gasteiger partial charge in [0, 0.05) is 48.7 Å². The topological polar surface area (TPSA) is 36.7 Å². The van der Waals surface area contributed by atoms with Gasteiger partial charge < -0.3 is 14.2 Å². The zero-order chi connectivity index (χ0) is 19.1. The average Bonchev–Trinajstić information content (AvgIpc) is 2.73. The van der Waals surface area contributed by atoms with Crippen LogP contribution in [0.1, 0.15) is 5.56 Å². The van der Waals surface area contributed by atoms with E-state index in [1.54, 1.807) is 6.07 Å². The summed E-state index contributed by atoms with van der Waals surface area (Å²) in [4.78, 5) is 17.1. The highest BCUT2D eigenvalue weighted by molar-refractivity contribution is 6.08. The predicted molar refractivity (Wildman–Crippen MR) is 116 cm³/mol. The second kappa shape index (κ2) is 6.71. The molecule has 0 aliphatic carbocycles. The maximum absolute atomic E-state index is 12.3. The van der Waals surface area contributed by atoms with E-state index < -0.39 is 0 Å². The molecule has 0 amide bonds. The van der Waals surface area contributed by atoms with E-state index in [1.165, 1.54) is 11.3 Å². The van der Waals surface area contributed by atoms with Crippen LogP contribution in [0.5, 0.6) is 0 Å². The average molecular weight is 370 g/mol. The Morgan fingerprint density at radius 2 is 1.43 bits per heavy atom. The van der Waals surface area contributed by atoms with Gasteiger partial charge >= 0.3 is 5.63 Å². The minimum absolute atomic E-state index is 0.291. The van der Waals surface area contributed by atoms with Crippen LogP contribution in [0.3, 0.4) is 0 Å². The Morgan fingerprint density at radius 3 is 2.21 bits per heavy atom. The molecule has 1 saturated heterocycles. The van der Waals surface area contributed by atoms with Crippen LogP contribution in [0.4, 0.5) is 11.4 Å². The molecule has 1 fully saturated rings. The molecule has 4 aromatic rings. The van der Waals surface area contributed by atoms with Gasteiger partial charge in [-0.3, -0.25) is 0 Å². The summed E-state index contributed by atoms with van der Waals surface area (Å²) in [5.41, 5.74) is 3.96. The summed E-state index contributed by atoms with van der Waals surface area (Å²) < 4.78 is 5.62. The van der Waals surface area contributed by atoms with Crippen molar-refractivity contribution in [1.29, 1.82) is 0 Å². The Morgan fingerprint density at radius 1 is 0.750 bits per heavy atom. The highest BCUT2D eigenvalue weighted by Crippen LogP contribution is 2.32. The molecule has 0 radical (unpaired) electrons. The fourth-order valence-electron chi connectivity index (χ4n) is 4.24. The first-order chi connectivity index (χ1) is 13.7. The third-order valence-electron chi connectivity index (χ3n) is 5.69. The smallest absolute Gasteiger partial charge is 0.338 e. The fraction of sp³-hybridized carbons (Fsp3) is 0.208. The highest BCUT2D eigenvalue weighted by atomic mass is 16.4. The Kier molecular flexibility index (Phi) is 4.05. The second-order valence-corrected chi connectivity index (χ2v) is 7.37. The maximum atomic E-state index is 12.3. The van der Waals surface area contributed by atoms with Crippen LogP contribution < -0.4 is 15.4 Å². The molecule has 0 unspecified atom stereocenters. The third kappa shape index (κ3) is 2.82. The van der Waals surface area contributed by atoms with Crippen molar-refractivity contribution in [2.75, 3.05) is 36.0 Å². The molecule has 0 N–H and O–H groups in total. The first-order valence-electron chi connectivity index (χ1n) is 9.72. The molecular formula is C24H22N2O2. The largest absolute Gasteiger partial charge is 0.422 e. The molecule has 2 heterocycles. The lowest BCUT2D eigenvalue weighted by Gasteiger charge is -2.38. The van der Waals surface area contributed by atoms with Gasteiger partial charge in [0.25, 0.3) is 0 Å². The summed E-state index contributed by atoms with van der Waals surface area (Å²) in [7, 11) is 0. The number of rotatable bonds is 2. The predicted octanol–water partition coefficient (Wildman–Crippen LogP) is 4.58. The van der Waals surface area contributed by atoms with Gasteiger partial charge in [0.1, 0.15) is 5.58 Å². The molecule has 140 valence electrons. The second-order valence-electron chi connectivity index (χ2n) is 7.37. The lowest BCUT2D eigenvalue weighted by molar-refractivity contribution is 0.562. The molecule has 4 nitrogen and oxygen atoms in total. The minimum atomic E-state index is -0.291. The van der Waals surface area contributed by atoms with Crippen LogP contribution in [0.15, 0.2) is 75.9 Å². The molecule has 28 heavy (non-hydrogen) atoms. The molecule has 0 spiro atoms. The zero-order valence-electron chi connectivity index (χ0n) is 15.9. The van der Waals surface area contributed by atoms with Crippen molar-refractivity contribution in [1.82, 2.24) is 0 Å². The Hall–Kier alpha value is -3.27. The van der Waals surface area contributed by atoms with E-state index >= 15 is 0 Å². The standard InChI is InChI=1S/C24H22N2O2/c1-17-6-2-5-9-21(17)25-12-14-26(15-13-25)22-16-23(27)28-24-19-8-4-3-7-18(19)10-11-20(22)24/h2-11,16H,12-15H2,1H3. The number of nitrogens with zero attached hydrogens (tertiary/aromatic N) is 2. The van der Waals surface area contributed by atoms with Crippen molar-refractivity contribution in [3.05, 3.63) is 82.7 Å². The molecule has 1 aromatic heterocycles. The van der Waals surface area contributed by atoms with Gasteiger partial charge in [0.15, 0.2) is 0 Å². The van der Waals surface area contributed by atoms with Crippen LogP contribution in [0, 0.1) is 6.92 Å². The van der Waals surface area contributed by atoms with E-state index in [4.69, 9.17) is 4.42 Å². The molecular weight excluding hydrogens is 348 g/mol. The number of aryl methyl sites for hydroxylation is 1. The van der Waals surface area contributed by atoms with E-state index in [0.29, 0.717) is 5.58 Å². The van der Waals surface area contributed by atoms with Crippen molar-refractivity contribution < 1.29 is 4.42 Å². The number of benzene rings is 3. The van der Waals surface area contributed by atoms with Gasteiger partial charge in [-0.2, -0.15) is 0 Å². The summed E-state index contributed by atoms with van der Waals surface area (Å²) >= 11 is 0. The van der Waals surface area contributed by atoms with Crippen LogP contribution in [0.25, 0.3) is 21.7 Å². The highest BCUT2D eigenvalue weighted by Gasteiger charge is 2.21. The summed E-state index contributed by atoms with van der Waals surface area (Å²) in [6, 6.07) is 22.4. The van der Waals surface area contributed by atoms with E-state index in [2.05, 4.69) is 53.1 Å². The maximum Gasteiger partial charge on any atom is 0.338 e. The Bertz CT molecular complexity index is 1220. The van der Waals surface area contributed by atoms with Crippen LogP contribution >= 0.6 is 0 Å². The third-order valence-corrected chi connectivity index (χ3v) is 5.69. The molecule has 3 aromatic carbocycles. The summed E-state index contributed by atoms with van der Waals surface area (Å²) in [5, 5.41) is 3.07. The van der Waals surface area contributed by atoms with Gasteiger partial charge in [-0.15, -0.1) is 0 Å². The molecule has 0 bridgehead atoms. The molecule has 0 atom stereocenters. The minimum Gasteiger partial charge on any atom is -0.422 e. The summed E-state index contributed by atoms with van der Waals surface area (Å²) in [6.07, 6.45) is 0. The van der Waals surface area contributed by atoms with E-state index in [9.17, 15) is 4.79 Å². The van der Waals surface area contributed by atoms with E-state index in [0.717, 1.165) is 48.0 Å². The summed E-state index contributed by atoms with van der Waals surface area (Å²) in [6.45, 7) is 5.77. The van der Waals surface area contributed by atoms with Crippen molar-refractivity contribution in [3.8, 4) is 0 Å². The first-order valence-corrected chi connectivity index (χ1v) is 9.72. The molecule has 1 aliphatic heterocycles. The van der Waals surface area contributed by atoms with Crippen LogP contribution in [-0.4, -0.2) is 26.2 Å². The number of para-hydroxylation sites is 1. The lowest BCUT2D eigenvalue weighted by atomic mass is 10.1. The molecule has 0 saturated carbocycles. The van der Waals surface area contributed by atoms with Crippen molar-refractivity contribution in [3.63, 3.8) is 0 Å². The Labute approximate surface area is 163 Å². The molecule has 1 aliphatic rings. The van der Waals surface area contributed by atoms with Crippen LogP contribution in [-0.2, 0) is 0 Å². The van der Waals surface area contributed by atoms with E-state index in [1.807, 2.05) is 24.3 Å². The van der Waals surface area contributed by atoms with E-state index in [-0.39, 0.29) is 5.63 Å². The number of hydrogen-bond acceptors (Lipinski definition) is 4. The van der Waals surface area contributed by atoms with Gasteiger partial charge in [-0.25, -0.2) is 4.79 Å². The van der Waals surface area contributed by atoms with Gasteiger partial charge in [-0.05, 0) is 30.0 Å². The Balaban J connectivity index is 1.51. The lowest BCUT2D eigenvalue weighted by Crippen LogP contribution is -2.47. The first kappa shape index (κ1) is 16.9. The normalized spacial score (nSPS) is 14.8. The van der Waals surface area contributed by atoms with Crippen molar-refractivity contribution >= 4 is 33.1 Å². The number of hydrogen-bond donors (Lipinski definition) is 0.